The maximum Gasteiger partial charge on any atom is 0.175 e. The first-order chi connectivity index (χ1) is 9.24. The van der Waals surface area contributed by atoms with Gasteiger partial charge in [0.1, 0.15) is 5.82 Å². The fourth-order valence-corrected chi connectivity index (χ4v) is 3.95. The van der Waals surface area contributed by atoms with E-state index in [2.05, 4.69) is 0 Å². The summed E-state index contributed by atoms with van der Waals surface area (Å²) in [5, 5.41) is 0. The first-order valence-electron chi connectivity index (χ1n) is 6.64. The van der Waals surface area contributed by atoms with Gasteiger partial charge in [-0.3, -0.25) is 4.90 Å². The van der Waals surface area contributed by atoms with Crippen molar-refractivity contribution in [2.24, 2.45) is 11.7 Å². The predicted molar refractivity (Wildman–Crippen MR) is 76.8 cm³/mol. The van der Waals surface area contributed by atoms with E-state index < -0.39 is 9.84 Å². The fraction of sp³-hybridized carbons (Fsp3) is 0.571. The van der Waals surface area contributed by atoms with Gasteiger partial charge in [-0.25, -0.2) is 12.8 Å². The third kappa shape index (κ3) is 2.87. The number of hydrogen-bond donors (Lipinski definition) is 1. The summed E-state index contributed by atoms with van der Waals surface area (Å²) in [6.45, 7) is 2.99. The molecule has 2 N–H and O–H groups in total. The van der Waals surface area contributed by atoms with Crippen molar-refractivity contribution in [2.75, 3.05) is 26.4 Å². The van der Waals surface area contributed by atoms with Crippen molar-refractivity contribution in [3.63, 3.8) is 0 Å². The molecular weight excluding hydrogens is 279 g/mol. The zero-order valence-electron chi connectivity index (χ0n) is 12.1. The SMILES string of the molecule is Cc1cc(F)c(C2CC(CN)CN2C)cc1S(C)(=O)=O. The molecule has 2 atom stereocenters. The molecule has 1 aromatic carbocycles. The average molecular weight is 300 g/mol. The number of likely N-dealkylation sites (tertiary alicyclic amines) is 1. The van der Waals surface area contributed by atoms with Crippen LogP contribution in [-0.4, -0.2) is 39.7 Å². The van der Waals surface area contributed by atoms with E-state index in [9.17, 15) is 12.8 Å². The van der Waals surface area contributed by atoms with Crippen LogP contribution in [0.25, 0.3) is 0 Å². The van der Waals surface area contributed by atoms with Gasteiger partial charge in [-0.2, -0.15) is 0 Å². The molecule has 0 radical (unpaired) electrons. The van der Waals surface area contributed by atoms with Crippen LogP contribution < -0.4 is 5.73 Å². The lowest BCUT2D eigenvalue weighted by Gasteiger charge is -2.21. The van der Waals surface area contributed by atoms with E-state index in [4.69, 9.17) is 5.73 Å². The lowest BCUT2D eigenvalue weighted by atomic mass is 9.98. The summed E-state index contributed by atoms with van der Waals surface area (Å²) < 4.78 is 37.8. The standard InChI is InChI=1S/C14H21FN2O2S/c1-9-4-12(15)11(6-14(9)20(3,18)19)13-5-10(7-16)8-17(13)2/h4,6,10,13H,5,7-8,16H2,1-3H3. The molecule has 2 rings (SSSR count). The number of rotatable bonds is 3. The van der Waals surface area contributed by atoms with E-state index in [1.165, 1.54) is 12.1 Å². The topological polar surface area (TPSA) is 63.4 Å². The van der Waals surface area contributed by atoms with E-state index >= 15 is 0 Å². The first-order valence-corrected chi connectivity index (χ1v) is 8.53. The smallest absolute Gasteiger partial charge is 0.175 e. The quantitative estimate of drug-likeness (QED) is 0.859. The Balaban J connectivity index is 2.47. The van der Waals surface area contributed by atoms with Crippen molar-refractivity contribution in [2.45, 2.75) is 24.3 Å². The van der Waals surface area contributed by atoms with Crippen LogP contribution in [0.2, 0.25) is 0 Å². The Morgan fingerprint density at radius 1 is 1.45 bits per heavy atom. The highest BCUT2D eigenvalue weighted by atomic mass is 32.2. The molecule has 0 aromatic heterocycles. The third-order valence-electron chi connectivity index (χ3n) is 4.02. The van der Waals surface area contributed by atoms with E-state index in [-0.39, 0.29) is 16.8 Å². The van der Waals surface area contributed by atoms with E-state index in [0.29, 0.717) is 23.6 Å². The van der Waals surface area contributed by atoms with Crippen molar-refractivity contribution in [1.29, 1.82) is 0 Å². The monoisotopic (exact) mass is 300 g/mol. The molecule has 0 saturated carbocycles. The van der Waals surface area contributed by atoms with Gasteiger partial charge >= 0.3 is 0 Å². The lowest BCUT2D eigenvalue weighted by Crippen LogP contribution is -2.21. The second kappa shape index (κ2) is 5.42. The highest BCUT2D eigenvalue weighted by molar-refractivity contribution is 7.90. The Kier molecular flexibility index (Phi) is 4.18. The zero-order valence-corrected chi connectivity index (χ0v) is 12.9. The van der Waals surface area contributed by atoms with Gasteiger partial charge in [-0.1, -0.05) is 0 Å². The highest BCUT2D eigenvalue weighted by Crippen LogP contribution is 2.36. The van der Waals surface area contributed by atoms with Gasteiger partial charge in [0.25, 0.3) is 0 Å². The maximum absolute atomic E-state index is 14.2. The van der Waals surface area contributed by atoms with Gasteiger partial charge in [-0.15, -0.1) is 0 Å². The minimum atomic E-state index is -3.35. The number of nitrogens with two attached hydrogens (primary N) is 1. The molecule has 0 aliphatic carbocycles. The van der Waals surface area contributed by atoms with E-state index in [1.54, 1.807) is 6.92 Å². The van der Waals surface area contributed by atoms with E-state index in [1.807, 2.05) is 11.9 Å². The predicted octanol–water partition coefficient (Wildman–Crippen LogP) is 1.49. The molecular formula is C14H21FN2O2S. The Morgan fingerprint density at radius 3 is 2.60 bits per heavy atom. The molecule has 4 nitrogen and oxygen atoms in total. The van der Waals surface area contributed by atoms with Crippen molar-refractivity contribution in [1.82, 2.24) is 4.90 Å². The molecule has 0 amide bonds. The van der Waals surface area contributed by atoms with Gasteiger partial charge in [0.15, 0.2) is 9.84 Å². The molecule has 0 bridgehead atoms. The summed E-state index contributed by atoms with van der Waals surface area (Å²) in [4.78, 5) is 2.25. The van der Waals surface area contributed by atoms with Crippen molar-refractivity contribution >= 4 is 9.84 Å². The molecule has 20 heavy (non-hydrogen) atoms. The van der Waals surface area contributed by atoms with Crippen LogP contribution in [0.4, 0.5) is 4.39 Å². The molecule has 0 spiro atoms. The van der Waals surface area contributed by atoms with Crippen LogP contribution in [0.1, 0.15) is 23.6 Å². The first kappa shape index (κ1) is 15.4. The molecule has 1 aromatic rings. The highest BCUT2D eigenvalue weighted by Gasteiger charge is 2.32. The summed E-state index contributed by atoms with van der Waals surface area (Å²) in [7, 11) is -1.43. The Bertz CT molecular complexity index is 616. The molecule has 1 aliphatic rings. The van der Waals surface area contributed by atoms with Crippen LogP contribution in [0.3, 0.4) is 0 Å². The van der Waals surface area contributed by atoms with Crippen LogP contribution in [0.15, 0.2) is 17.0 Å². The van der Waals surface area contributed by atoms with Gasteiger partial charge in [-0.05, 0) is 50.6 Å². The fourth-order valence-electron chi connectivity index (χ4n) is 2.96. The van der Waals surface area contributed by atoms with Gasteiger partial charge in [0, 0.05) is 24.4 Å². The number of benzene rings is 1. The Hall–Kier alpha value is -0.980. The minimum Gasteiger partial charge on any atom is -0.330 e. The number of sulfone groups is 1. The number of nitrogens with zero attached hydrogens (tertiary/aromatic N) is 1. The van der Waals surface area contributed by atoms with Crippen LogP contribution in [0.5, 0.6) is 0 Å². The van der Waals surface area contributed by atoms with Gasteiger partial charge in [0.05, 0.1) is 4.90 Å². The molecule has 2 unspecified atom stereocenters. The van der Waals surface area contributed by atoms with Crippen LogP contribution >= 0.6 is 0 Å². The maximum atomic E-state index is 14.2. The van der Waals surface area contributed by atoms with Gasteiger partial charge in [0.2, 0.25) is 0 Å². The Labute approximate surface area is 119 Å². The largest absolute Gasteiger partial charge is 0.330 e. The minimum absolute atomic E-state index is 0.107. The number of aryl methyl sites for hydroxylation is 1. The second-order valence-corrected chi connectivity index (χ2v) is 7.69. The molecule has 1 aliphatic heterocycles. The summed E-state index contributed by atoms with van der Waals surface area (Å²) in [5.41, 5.74) is 6.58. The van der Waals surface area contributed by atoms with Gasteiger partial charge < -0.3 is 5.73 Å². The molecule has 112 valence electrons. The molecule has 1 fully saturated rings. The third-order valence-corrected chi connectivity index (χ3v) is 5.26. The number of hydrogen-bond acceptors (Lipinski definition) is 4. The Morgan fingerprint density at radius 2 is 2.10 bits per heavy atom. The molecule has 6 heteroatoms. The van der Waals surface area contributed by atoms with Crippen LogP contribution in [-0.2, 0) is 9.84 Å². The van der Waals surface area contributed by atoms with Crippen molar-refractivity contribution < 1.29 is 12.8 Å². The van der Waals surface area contributed by atoms with Crippen molar-refractivity contribution in [3.05, 3.63) is 29.1 Å². The summed E-state index contributed by atoms with van der Waals surface area (Å²) in [6.07, 6.45) is 1.91. The van der Waals surface area contributed by atoms with Crippen molar-refractivity contribution in [3.8, 4) is 0 Å². The zero-order chi connectivity index (χ0) is 15.1. The normalized spacial score (nSPS) is 24.2. The number of halogens is 1. The lowest BCUT2D eigenvalue weighted by molar-refractivity contribution is 0.306. The van der Waals surface area contributed by atoms with Crippen LogP contribution in [0, 0.1) is 18.7 Å². The summed E-state index contributed by atoms with van der Waals surface area (Å²) >= 11 is 0. The second-order valence-electron chi connectivity index (χ2n) is 5.70. The summed E-state index contributed by atoms with van der Waals surface area (Å²) in [6, 6.07) is 2.69. The molecule has 1 saturated heterocycles. The molecule has 1 heterocycles. The average Bonchev–Trinajstić information content (AvgIpc) is 2.69. The van der Waals surface area contributed by atoms with E-state index in [0.717, 1.165) is 19.2 Å². The summed E-state index contributed by atoms with van der Waals surface area (Å²) in [5.74, 6) is -0.0168.